The van der Waals surface area contributed by atoms with Crippen molar-refractivity contribution in [3.63, 3.8) is 0 Å². The lowest BCUT2D eigenvalue weighted by atomic mass is 10.1. The van der Waals surface area contributed by atoms with Gasteiger partial charge in [0.25, 0.3) is 0 Å². The van der Waals surface area contributed by atoms with E-state index >= 15 is 0 Å². The second-order valence-corrected chi connectivity index (χ2v) is 4.49. The van der Waals surface area contributed by atoms with E-state index in [1.165, 1.54) is 19.2 Å². The van der Waals surface area contributed by atoms with E-state index in [0.717, 1.165) is 11.6 Å². The molecule has 21 heavy (non-hydrogen) atoms. The lowest BCUT2D eigenvalue weighted by molar-refractivity contribution is 0.275. The van der Waals surface area contributed by atoms with Crippen LogP contribution < -0.4 is 15.2 Å². The maximum Gasteiger partial charge on any atom is 0.165 e. The van der Waals surface area contributed by atoms with Gasteiger partial charge < -0.3 is 15.2 Å². The third kappa shape index (κ3) is 3.49. The maximum atomic E-state index is 13.6. The lowest BCUT2D eigenvalue weighted by Gasteiger charge is -2.15. The van der Waals surface area contributed by atoms with Crippen molar-refractivity contribution < 1.29 is 18.3 Å². The third-order valence-corrected chi connectivity index (χ3v) is 3.10. The molecule has 0 aliphatic heterocycles. The van der Waals surface area contributed by atoms with E-state index in [1.807, 2.05) is 12.1 Å². The number of halogens is 2. The van der Waals surface area contributed by atoms with Gasteiger partial charge in [-0.15, -0.1) is 0 Å². The first kappa shape index (κ1) is 15.3. The minimum atomic E-state index is -0.896. The van der Waals surface area contributed by atoms with Crippen LogP contribution in [0.2, 0.25) is 0 Å². The summed E-state index contributed by atoms with van der Waals surface area (Å²) >= 11 is 0. The SMILES string of the molecule is COc1cccc(CCN)c1OCc1cccc(F)c1F. The Morgan fingerprint density at radius 1 is 1.05 bits per heavy atom. The number of ether oxygens (including phenoxy) is 2. The van der Waals surface area contributed by atoms with Crippen molar-refractivity contribution in [2.45, 2.75) is 13.0 Å². The zero-order chi connectivity index (χ0) is 15.2. The van der Waals surface area contributed by atoms with Gasteiger partial charge in [0.15, 0.2) is 23.1 Å². The average molecular weight is 293 g/mol. The first-order valence-corrected chi connectivity index (χ1v) is 6.59. The number of nitrogens with two attached hydrogens (primary N) is 1. The first-order chi connectivity index (χ1) is 10.2. The van der Waals surface area contributed by atoms with Crippen LogP contribution in [0.5, 0.6) is 11.5 Å². The van der Waals surface area contributed by atoms with E-state index in [-0.39, 0.29) is 12.2 Å². The highest BCUT2D eigenvalue weighted by Crippen LogP contribution is 2.32. The Kier molecular flexibility index (Phi) is 5.11. The molecule has 112 valence electrons. The van der Waals surface area contributed by atoms with Gasteiger partial charge in [0.1, 0.15) is 6.61 Å². The van der Waals surface area contributed by atoms with Crippen LogP contribution in [0.25, 0.3) is 0 Å². The summed E-state index contributed by atoms with van der Waals surface area (Å²) in [5.74, 6) is -0.738. The summed E-state index contributed by atoms with van der Waals surface area (Å²) < 4.78 is 37.7. The molecule has 0 bridgehead atoms. The normalized spacial score (nSPS) is 10.5. The summed E-state index contributed by atoms with van der Waals surface area (Å²) in [6, 6.07) is 9.45. The van der Waals surface area contributed by atoms with Crippen molar-refractivity contribution in [1.29, 1.82) is 0 Å². The monoisotopic (exact) mass is 293 g/mol. The van der Waals surface area contributed by atoms with Crippen molar-refractivity contribution in [3.8, 4) is 11.5 Å². The van der Waals surface area contributed by atoms with Crippen molar-refractivity contribution in [1.82, 2.24) is 0 Å². The van der Waals surface area contributed by atoms with Gasteiger partial charge in [0.05, 0.1) is 7.11 Å². The Morgan fingerprint density at radius 3 is 2.48 bits per heavy atom. The summed E-state index contributed by atoms with van der Waals surface area (Å²) in [4.78, 5) is 0. The van der Waals surface area contributed by atoms with Gasteiger partial charge in [-0.25, -0.2) is 8.78 Å². The Labute approximate surface area is 122 Å². The molecule has 3 nitrogen and oxygen atoms in total. The smallest absolute Gasteiger partial charge is 0.165 e. The largest absolute Gasteiger partial charge is 0.493 e. The molecule has 0 unspecified atom stereocenters. The predicted molar refractivity (Wildman–Crippen MR) is 76.4 cm³/mol. The van der Waals surface area contributed by atoms with Crippen LogP contribution in [0.3, 0.4) is 0 Å². The summed E-state index contributed by atoms with van der Waals surface area (Å²) in [5.41, 5.74) is 6.59. The molecule has 5 heteroatoms. The standard InChI is InChI=1S/C16H17F2NO2/c1-20-14-7-3-4-11(8-9-19)16(14)21-10-12-5-2-6-13(17)15(12)18/h2-7H,8-10,19H2,1H3. The Hall–Kier alpha value is -2.14. The highest BCUT2D eigenvalue weighted by atomic mass is 19.2. The van der Waals surface area contributed by atoms with Crippen LogP contribution in [0.15, 0.2) is 36.4 Å². The van der Waals surface area contributed by atoms with E-state index < -0.39 is 11.6 Å². The molecule has 2 rings (SSSR count). The molecule has 0 saturated heterocycles. The highest BCUT2D eigenvalue weighted by Gasteiger charge is 2.13. The van der Waals surface area contributed by atoms with E-state index in [2.05, 4.69) is 0 Å². The van der Waals surface area contributed by atoms with E-state index in [9.17, 15) is 8.78 Å². The van der Waals surface area contributed by atoms with Gasteiger partial charge in [-0.1, -0.05) is 24.3 Å². The van der Waals surface area contributed by atoms with E-state index in [1.54, 1.807) is 6.07 Å². The lowest BCUT2D eigenvalue weighted by Crippen LogP contribution is -2.07. The fourth-order valence-electron chi connectivity index (χ4n) is 2.05. The molecule has 2 N–H and O–H groups in total. The molecule has 0 atom stereocenters. The second-order valence-electron chi connectivity index (χ2n) is 4.49. The van der Waals surface area contributed by atoms with E-state index in [4.69, 9.17) is 15.2 Å². The molecule has 0 spiro atoms. The average Bonchev–Trinajstić information content (AvgIpc) is 2.49. The highest BCUT2D eigenvalue weighted by molar-refractivity contribution is 5.47. The van der Waals surface area contributed by atoms with Crippen molar-refractivity contribution in [2.75, 3.05) is 13.7 Å². The molecule has 0 aliphatic carbocycles. The zero-order valence-electron chi connectivity index (χ0n) is 11.7. The van der Waals surface area contributed by atoms with Gasteiger partial charge in [-0.05, 0) is 30.7 Å². The molecule has 0 aromatic heterocycles. The maximum absolute atomic E-state index is 13.6. The summed E-state index contributed by atoms with van der Waals surface area (Å²) in [7, 11) is 1.52. The Balaban J connectivity index is 2.24. The molecule has 0 amide bonds. The zero-order valence-corrected chi connectivity index (χ0v) is 11.7. The van der Waals surface area contributed by atoms with Gasteiger partial charge in [0, 0.05) is 5.56 Å². The summed E-state index contributed by atoms with van der Waals surface area (Å²) in [6.45, 7) is 0.374. The van der Waals surface area contributed by atoms with E-state index in [0.29, 0.717) is 24.5 Å². The fraction of sp³-hybridized carbons (Fsp3) is 0.250. The summed E-state index contributed by atoms with van der Waals surface area (Å²) in [5, 5.41) is 0. The first-order valence-electron chi connectivity index (χ1n) is 6.59. The number of methoxy groups -OCH3 is 1. The van der Waals surface area contributed by atoms with Crippen LogP contribution in [0, 0.1) is 11.6 Å². The number of benzene rings is 2. The van der Waals surface area contributed by atoms with Crippen LogP contribution in [-0.2, 0) is 13.0 Å². The van der Waals surface area contributed by atoms with Crippen molar-refractivity contribution in [2.24, 2.45) is 5.73 Å². The van der Waals surface area contributed by atoms with Gasteiger partial charge in [-0.2, -0.15) is 0 Å². The third-order valence-electron chi connectivity index (χ3n) is 3.10. The minimum Gasteiger partial charge on any atom is -0.493 e. The number of rotatable bonds is 6. The van der Waals surface area contributed by atoms with Crippen molar-refractivity contribution in [3.05, 3.63) is 59.2 Å². The van der Waals surface area contributed by atoms with Crippen LogP contribution in [0.4, 0.5) is 8.78 Å². The number of hydrogen-bond acceptors (Lipinski definition) is 3. The summed E-state index contributed by atoms with van der Waals surface area (Å²) in [6.07, 6.45) is 0.609. The Bertz CT molecular complexity index is 617. The molecule has 0 saturated carbocycles. The second kappa shape index (κ2) is 7.04. The minimum absolute atomic E-state index is 0.0818. The molecule has 0 radical (unpaired) electrons. The van der Waals surface area contributed by atoms with Crippen molar-refractivity contribution >= 4 is 0 Å². The van der Waals surface area contributed by atoms with Gasteiger partial charge in [-0.3, -0.25) is 0 Å². The molecule has 0 fully saturated rings. The Morgan fingerprint density at radius 2 is 1.76 bits per heavy atom. The molecule has 2 aromatic carbocycles. The molecule has 2 aromatic rings. The topological polar surface area (TPSA) is 44.5 Å². The fourth-order valence-corrected chi connectivity index (χ4v) is 2.05. The molecular weight excluding hydrogens is 276 g/mol. The van der Waals surface area contributed by atoms with Crippen LogP contribution in [0.1, 0.15) is 11.1 Å². The number of hydrogen-bond donors (Lipinski definition) is 1. The van der Waals surface area contributed by atoms with Gasteiger partial charge >= 0.3 is 0 Å². The molecular formula is C16H17F2NO2. The molecule has 0 heterocycles. The number of para-hydroxylation sites is 1. The quantitative estimate of drug-likeness (QED) is 0.890. The predicted octanol–water partition coefficient (Wildman–Crippen LogP) is 3.05. The molecule has 0 aliphatic rings. The van der Waals surface area contributed by atoms with Gasteiger partial charge in [0.2, 0.25) is 0 Å². The van der Waals surface area contributed by atoms with Crippen LogP contribution >= 0.6 is 0 Å². The van der Waals surface area contributed by atoms with Crippen LogP contribution in [-0.4, -0.2) is 13.7 Å².